The van der Waals surface area contributed by atoms with Gasteiger partial charge in [-0.15, -0.1) is 16.4 Å². The second-order valence-electron chi connectivity index (χ2n) is 5.85. The van der Waals surface area contributed by atoms with Crippen molar-refractivity contribution in [2.45, 2.75) is 0 Å². The van der Waals surface area contributed by atoms with Gasteiger partial charge in [-0.3, -0.25) is 0 Å². The van der Waals surface area contributed by atoms with Gasteiger partial charge in [0.25, 0.3) is 0 Å². The largest absolute Gasteiger partial charge is 0.497 e. The minimum absolute atomic E-state index is 0.377. The number of nitrogens with two attached hydrogens (primary N) is 1. The van der Waals surface area contributed by atoms with E-state index in [1.807, 2.05) is 29.6 Å². The summed E-state index contributed by atoms with van der Waals surface area (Å²) in [7, 11) is 3.17. The third kappa shape index (κ3) is 3.39. The van der Waals surface area contributed by atoms with E-state index in [1.54, 1.807) is 32.4 Å². The summed E-state index contributed by atoms with van der Waals surface area (Å²) in [5.74, 6) is 1.63. The number of nitrogens with zero attached hydrogens (tertiary/aromatic N) is 4. The lowest BCUT2D eigenvalue weighted by molar-refractivity contribution is 0.394. The lowest BCUT2D eigenvalue weighted by Gasteiger charge is -2.09. The maximum Gasteiger partial charge on any atom is 0.165 e. The summed E-state index contributed by atoms with van der Waals surface area (Å²) >= 11 is 7.52. The first-order valence-corrected chi connectivity index (χ1v) is 9.51. The third-order valence-corrected chi connectivity index (χ3v) is 5.20. The van der Waals surface area contributed by atoms with Crippen LogP contribution in [0.3, 0.4) is 0 Å². The van der Waals surface area contributed by atoms with Crippen LogP contribution in [0.4, 0.5) is 5.82 Å². The van der Waals surface area contributed by atoms with Crippen LogP contribution in [0.1, 0.15) is 0 Å². The molecule has 4 rings (SSSR count). The molecule has 9 heteroatoms. The highest BCUT2D eigenvalue weighted by Crippen LogP contribution is 2.33. The van der Waals surface area contributed by atoms with E-state index in [0.717, 1.165) is 11.3 Å². The number of halogens is 1. The van der Waals surface area contributed by atoms with Crippen molar-refractivity contribution in [1.29, 1.82) is 0 Å². The zero-order chi connectivity index (χ0) is 19.7. The molecule has 0 fully saturated rings. The topological polar surface area (TPSA) is 88.1 Å². The zero-order valence-corrected chi connectivity index (χ0v) is 16.7. The van der Waals surface area contributed by atoms with Crippen LogP contribution in [-0.2, 0) is 0 Å². The van der Waals surface area contributed by atoms with Gasteiger partial charge < -0.3 is 15.2 Å². The molecule has 0 atom stereocenters. The molecule has 142 valence electrons. The number of anilines is 1. The van der Waals surface area contributed by atoms with Crippen LogP contribution in [0, 0.1) is 0 Å². The summed E-state index contributed by atoms with van der Waals surface area (Å²) in [6.45, 7) is 0. The Hall–Kier alpha value is -3.10. The first kappa shape index (κ1) is 18.3. The van der Waals surface area contributed by atoms with Crippen LogP contribution >= 0.6 is 22.9 Å². The van der Waals surface area contributed by atoms with E-state index >= 15 is 0 Å². The molecule has 0 saturated heterocycles. The highest BCUT2D eigenvalue weighted by atomic mass is 35.5. The van der Waals surface area contributed by atoms with Gasteiger partial charge in [-0.25, -0.2) is 4.98 Å². The van der Waals surface area contributed by atoms with Gasteiger partial charge >= 0.3 is 0 Å². The molecule has 28 heavy (non-hydrogen) atoms. The van der Waals surface area contributed by atoms with Gasteiger partial charge in [0.15, 0.2) is 11.5 Å². The van der Waals surface area contributed by atoms with Crippen molar-refractivity contribution >= 4 is 28.8 Å². The monoisotopic (exact) mass is 413 g/mol. The smallest absolute Gasteiger partial charge is 0.165 e. The Labute approximate surface area is 170 Å². The molecule has 0 amide bonds. The van der Waals surface area contributed by atoms with E-state index in [0.29, 0.717) is 38.7 Å². The fourth-order valence-corrected chi connectivity index (χ4v) is 3.72. The number of benzene rings is 2. The Balaban J connectivity index is 1.72. The van der Waals surface area contributed by atoms with Crippen LogP contribution in [-0.4, -0.2) is 34.2 Å². The molecule has 2 aromatic carbocycles. The van der Waals surface area contributed by atoms with E-state index < -0.39 is 0 Å². The lowest BCUT2D eigenvalue weighted by atomic mass is 10.2. The third-order valence-electron chi connectivity index (χ3n) is 4.11. The average Bonchev–Trinajstić information content (AvgIpc) is 3.34. The Kier molecular flexibility index (Phi) is 4.89. The van der Waals surface area contributed by atoms with Crippen LogP contribution in [0.15, 0.2) is 47.8 Å². The number of ether oxygens (including phenoxy) is 2. The summed E-state index contributed by atoms with van der Waals surface area (Å²) in [5, 5.41) is 11.7. The van der Waals surface area contributed by atoms with E-state index in [-0.39, 0.29) is 0 Å². The number of methoxy groups -OCH3 is 2. The molecule has 0 spiro atoms. The number of aromatic nitrogens is 4. The van der Waals surface area contributed by atoms with Crippen molar-refractivity contribution in [1.82, 2.24) is 20.0 Å². The Morgan fingerprint density at radius 3 is 2.50 bits per heavy atom. The van der Waals surface area contributed by atoms with Crippen molar-refractivity contribution < 1.29 is 9.47 Å². The molecule has 0 saturated carbocycles. The van der Waals surface area contributed by atoms with E-state index in [2.05, 4.69) is 15.3 Å². The van der Waals surface area contributed by atoms with Gasteiger partial charge in [-0.05, 0) is 12.1 Å². The molecule has 0 radical (unpaired) electrons. The molecule has 7 nitrogen and oxygen atoms in total. The second-order valence-corrected chi connectivity index (χ2v) is 7.15. The molecule has 2 aromatic heterocycles. The predicted molar refractivity (Wildman–Crippen MR) is 110 cm³/mol. The molecule has 0 aliphatic heterocycles. The van der Waals surface area contributed by atoms with Gasteiger partial charge in [0.2, 0.25) is 0 Å². The molecular formula is C19H16ClN5O2S. The fourth-order valence-electron chi connectivity index (χ4n) is 2.71. The molecule has 0 aliphatic carbocycles. The zero-order valence-electron chi connectivity index (χ0n) is 15.1. The van der Waals surface area contributed by atoms with Gasteiger partial charge in [0.1, 0.15) is 16.5 Å². The molecule has 4 aromatic rings. The fraction of sp³-hybridized carbons (Fsp3) is 0.105. The van der Waals surface area contributed by atoms with Crippen molar-refractivity contribution in [2.24, 2.45) is 0 Å². The number of thiazole rings is 1. The summed E-state index contributed by atoms with van der Waals surface area (Å²) in [6.07, 6.45) is 0. The van der Waals surface area contributed by atoms with Crippen molar-refractivity contribution in [3.63, 3.8) is 0 Å². The Morgan fingerprint density at radius 2 is 1.82 bits per heavy atom. The molecule has 0 bridgehead atoms. The van der Waals surface area contributed by atoms with Crippen LogP contribution in [0.5, 0.6) is 11.5 Å². The van der Waals surface area contributed by atoms with Gasteiger partial charge in [0.05, 0.1) is 25.6 Å². The van der Waals surface area contributed by atoms with Crippen LogP contribution in [0.25, 0.3) is 27.6 Å². The predicted octanol–water partition coefficient (Wildman–Crippen LogP) is 4.31. The molecule has 0 unspecified atom stereocenters. The second kappa shape index (κ2) is 7.49. The maximum absolute atomic E-state index is 6.32. The van der Waals surface area contributed by atoms with Gasteiger partial charge in [-0.2, -0.15) is 4.68 Å². The highest BCUT2D eigenvalue weighted by Gasteiger charge is 2.18. The van der Waals surface area contributed by atoms with Crippen LogP contribution < -0.4 is 15.2 Å². The van der Waals surface area contributed by atoms with Crippen molar-refractivity contribution in [3.8, 4) is 39.1 Å². The number of nitrogen functional groups attached to an aromatic ring is 1. The molecule has 0 aliphatic rings. The quantitative estimate of drug-likeness (QED) is 0.524. The first-order valence-electron chi connectivity index (χ1n) is 8.25. The summed E-state index contributed by atoms with van der Waals surface area (Å²) in [6, 6.07) is 12.9. The SMILES string of the molecule is COc1cc(OC)cc(-n2nnc(-c3nc(-c4cccc(Cl)c4)cs3)c2N)c1. The first-order chi connectivity index (χ1) is 13.6. The average molecular weight is 414 g/mol. The summed E-state index contributed by atoms with van der Waals surface area (Å²) in [4.78, 5) is 4.64. The minimum Gasteiger partial charge on any atom is -0.497 e. The number of rotatable bonds is 5. The highest BCUT2D eigenvalue weighted by molar-refractivity contribution is 7.13. The normalized spacial score (nSPS) is 10.8. The standard InChI is InChI=1S/C19H16ClN5O2S/c1-26-14-7-13(8-15(9-14)27-2)25-18(21)17(23-24-25)19-22-16(10-28-19)11-4-3-5-12(20)6-11/h3-10H,21H2,1-2H3. The minimum atomic E-state index is 0.377. The Morgan fingerprint density at radius 1 is 1.07 bits per heavy atom. The lowest BCUT2D eigenvalue weighted by Crippen LogP contribution is -2.03. The molecule has 2 heterocycles. The van der Waals surface area contributed by atoms with Crippen molar-refractivity contribution in [2.75, 3.05) is 20.0 Å². The maximum atomic E-state index is 6.32. The molecular weight excluding hydrogens is 398 g/mol. The van der Waals surface area contributed by atoms with E-state index in [9.17, 15) is 0 Å². The van der Waals surface area contributed by atoms with E-state index in [1.165, 1.54) is 16.0 Å². The summed E-state index contributed by atoms with van der Waals surface area (Å²) < 4.78 is 12.1. The number of hydrogen-bond acceptors (Lipinski definition) is 7. The number of hydrogen-bond donors (Lipinski definition) is 1. The van der Waals surface area contributed by atoms with Gasteiger partial charge in [0, 0.05) is 34.2 Å². The van der Waals surface area contributed by atoms with Crippen LogP contribution in [0.2, 0.25) is 5.02 Å². The molecule has 2 N–H and O–H groups in total. The summed E-state index contributed by atoms with van der Waals surface area (Å²) in [5.41, 5.74) is 9.25. The van der Waals surface area contributed by atoms with Crippen molar-refractivity contribution in [3.05, 3.63) is 52.9 Å². The Bertz CT molecular complexity index is 1120. The van der Waals surface area contributed by atoms with Gasteiger partial charge in [-0.1, -0.05) is 28.9 Å². The van der Waals surface area contributed by atoms with E-state index in [4.69, 9.17) is 26.8 Å².